The topological polar surface area (TPSA) is 64.1 Å². The molecule has 1 aromatic heterocycles. The van der Waals surface area contributed by atoms with Crippen LogP contribution in [0.5, 0.6) is 0 Å². The molecule has 1 atom stereocenters. The largest absolute Gasteiger partial charge is 0.394 e. The van der Waals surface area contributed by atoms with Crippen molar-refractivity contribution in [2.75, 3.05) is 6.61 Å². The van der Waals surface area contributed by atoms with Crippen LogP contribution in [0.15, 0.2) is 43.0 Å². The number of nitrogens with zero attached hydrogens (tertiary/aromatic N) is 2. The van der Waals surface area contributed by atoms with E-state index >= 15 is 0 Å². The van der Waals surface area contributed by atoms with E-state index in [0.29, 0.717) is 0 Å². The standard InChI is InChI=1S/C11H13N3O/c12-11(7-15)9-1-3-10(4-2-9)14-6-5-13-8-14/h1-6,8,11,15H,7,12H2/t11-/m0/s1. The van der Waals surface area contributed by atoms with Crippen molar-refractivity contribution in [3.8, 4) is 5.69 Å². The molecule has 0 spiro atoms. The average Bonchev–Trinajstić information content (AvgIpc) is 2.82. The number of hydrogen-bond acceptors (Lipinski definition) is 3. The zero-order valence-electron chi connectivity index (χ0n) is 8.24. The Balaban J connectivity index is 2.25. The molecule has 1 heterocycles. The number of benzene rings is 1. The van der Waals surface area contributed by atoms with Crippen LogP contribution in [0.4, 0.5) is 0 Å². The minimum Gasteiger partial charge on any atom is -0.394 e. The molecule has 0 aliphatic heterocycles. The minimum atomic E-state index is -0.304. The van der Waals surface area contributed by atoms with Crippen molar-refractivity contribution in [1.82, 2.24) is 9.55 Å². The van der Waals surface area contributed by atoms with Gasteiger partial charge in [0.25, 0.3) is 0 Å². The predicted molar refractivity (Wildman–Crippen MR) is 57.6 cm³/mol. The van der Waals surface area contributed by atoms with Gasteiger partial charge < -0.3 is 15.4 Å². The number of hydrogen-bond donors (Lipinski definition) is 2. The lowest BCUT2D eigenvalue weighted by atomic mass is 10.1. The molecule has 3 N–H and O–H groups in total. The molecular formula is C11H13N3O. The highest BCUT2D eigenvalue weighted by Gasteiger charge is 2.03. The van der Waals surface area contributed by atoms with Gasteiger partial charge in [-0.2, -0.15) is 0 Å². The van der Waals surface area contributed by atoms with E-state index in [-0.39, 0.29) is 12.6 Å². The molecule has 4 heteroatoms. The van der Waals surface area contributed by atoms with Gasteiger partial charge in [0.1, 0.15) is 0 Å². The SMILES string of the molecule is N[C@@H](CO)c1ccc(-n2ccnc2)cc1. The summed E-state index contributed by atoms with van der Waals surface area (Å²) in [4.78, 5) is 3.97. The van der Waals surface area contributed by atoms with E-state index < -0.39 is 0 Å². The summed E-state index contributed by atoms with van der Waals surface area (Å²) < 4.78 is 1.91. The number of aliphatic hydroxyl groups excluding tert-OH is 1. The predicted octanol–water partition coefficient (Wildman–Crippen LogP) is 0.864. The Morgan fingerprint density at radius 1 is 1.33 bits per heavy atom. The highest BCUT2D eigenvalue weighted by atomic mass is 16.3. The van der Waals surface area contributed by atoms with Gasteiger partial charge in [-0.1, -0.05) is 12.1 Å². The van der Waals surface area contributed by atoms with Crippen LogP contribution in [0, 0.1) is 0 Å². The van der Waals surface area contributed by atoms with Crippen molar-refractivity contribution in [2.45, 2.75) is 6.04 Å². The second kappa shape index (κ2) is 4.25. The van der Waals surface area contributed by atoms with E-state index in [4.69, 9.17) is 10.8 Å². The summed E-state index contributed by atoms with van der Waals surface area (Å²) in [6.45, 7) is -0.0373. The van der Waals surface area contributed by atoms with Crippen molar-refractivity contribution in [2.24, 2.45) is 5.73 Å². The molecule has 0 fully saturated rings. The summed E-state index contributed by atoms with van der Waals surface area (Å²) in [6.07, 6.45) is 5.34. The normalized spacial score (nSPS) is 12.7. The zero-order chi connectivity index (χ0) is 10.7. The van der Waals surface area contributed by atoms with Crippen LogP contribution in [0.2, 0.25) is 0 Å². The van der Waals surface area contributed by atoms with Crippen molar-refractivity contribution >= 4 is 0 Å². The third kappa shape index (κ3) is 2.06. The molecule has 0 saturated heterocycles. The summed E-state index contributed by atoms with van der Waals surface area (Å²) in [6, 6.07) is 7.42. The fraction of sp³-hybridized carbons (Fsp3) is 0.182. The van der Waals surface area contributed by atoms with E-state index in [1.807, 2.05) is 35.0 Å². The van der Waals surface area contributed by atoms with Gasteiger partial charge in [0.05, 0.1) is 19.0 Å². The Morgan fingerprint density at radius 2 is 2.07 bits per heavy atom. The van der Waals surface area contributed by atoms with E-state index in [9.17, 15) is 0 Å². The lowest BCUT2D eigenvalue weighted by molar-refractivity contribution is 0.268. The molecule has 0 radical (unpaired) electrons. The third-order valence-electron chi connectivity index (χ3n) is 2.32. The van der Waals surface area contributed by atoms with Crippen LogP contribution < -0.4 is 5.73 Å². The van der Waals surface area contributed by atoms with Gasteiger partial charge in [-0.05, 0) is 17.7 Å². The average molecular weight is 203 g/mol. The maximum absolute atomic E-state index is 8.90. The summed E-state index contributed by atoms with van der Waals surface area (Å²) in [7, 11) is 0. The minimum absolute atomic E-state index is 0.0373. The van der Waals surface area contributed by atoms with Gasteiger partial charge >= 0.3 is 0 Å². The second-order valence-corrected chi connectivity index (χ2v) is 3.35. The van der Waals surface area contributed by atoms with Crippen molar-refractivity contribution < 1.29 is 5.11 Å². The molecule has 0 unspecified atom stereocenters. The molecule has 15 heavy (non-hydrogen) atoms. The summed E-state index contributed by atoms with van der Waals surface area (Å²) in [5, 5.41) is 8.90. The highest BCUT2D eigenvalue weighted by molar-refractivity contribution is 5.35. The first-order chi connectivity index (χ1) is 7.31. The molecule has 0 saturated carbocycles. The van der Waals surface area contributed by atoms with Crippen LogP contribution in [-0.2, 0) is 0 Å². The van der Waals surface area contributed by atoms with Gasteiger partial charge in [0, 0.05) is 18.1 Å². The van der Waals surface area contributed by atoms with Crippen molar-refractivity contribution in [3.63, 3.8) is 0 Å². The van der Waals surface area contributed by atoms with Gasteiger partial charge in [-0.15, -0.1) is 0 Å². The number of imidazole rings is 1. The summed E-state index contributed by atoms with van der Waals surface area (Å²) in [5.74, 6) is 0. The molecule has 78 valence electrons. The first kappa shape index (κ1) is 9.89. The third-order valence-corrected chi connectivity index (χ3v) is 2.32. The Bertz CT molecular complexity index is 408. The monoisotopic (exact) mass is 203 g/mol. The number of aliphatic hydroxyl groups is 1. The number of aromatic nitrogens is 2. The van der Waals surface area contributed by atoms with E-state index in [1.165, 1.54) is 0 Å². The smallest absolute Gasteiger partial charge is 0.0991 e. The highest BCUT2D eigenvalue weighted by Crippen LogP contribution is 2.13. The second-order valence-electron chi connectivity index (χ2n) is 3.35. The molecule has 0 amide bonds. The molecule has 0 aliphatic rings. The zero-order valence-corrected chi connectivity index (χ0v) is 8.24. The molecular weight excluding hydrogens is 190 g/mol. The summed E-state index contributed by atoms with van der Waals surface area (Å²) in [5.41, 5.74) is 7.65. The van der Waals surface area contributed by atoms with E-state index in [0.717, 1.165) is 11.3 Å². The number of nitrogens with two attached hydrogens (primary N) is 1. The first-order valence-electron chi connectivity index (χ1n) is 4.76. The molecule has 0 aliphatic carbocycles. The Labute approximate surface area is 88.0 Å². The molecule has 1 aromatic carbocycles. The fourth-order valence-corrected chi connectivity index (χ4v) is 1.41. The van der Waals surface area contributed by atoms with Gasteiger partial charge in [-0.25, -0.2) is 4.98 Å². The van der Waals surface area contributed by atoms with Crippen LogP contribution in [0.3, 0.4) is 0 Å². The van der Waals surface area contributed by atoms with Gasteiger partial charge in [0.2, 0.25) is 0 Å². The van der Waals surface area contributed by atoms with Gasteiger partial charge in [0.15, 0.2) is 0 Å². The Hall–Kier alpha value is -1.65. The first-order valence-corrected chi connectivity index (χ1v) is 4.76. The van der Waals surface area contributed by atoms with Crippen molar-refractivity contribution in [1.29, 1.82) is 0 Å². The lowest BCUT2D eigenvalue weighted by Gasteiger charge is -2.09. The van der Waals surface area contributed by atoms with E-state index in [2.05, 4.69) is 4.98 Å². The quantitative estimate of drug-likeness (QED) is 0.777. The fourth-order valence-electron chi connectivity index (χ4n) is 1.41. The van der Waals surface area contributed by atoms with Crippen LogP contribution in [0.1, 0.15) is 11.6 Å². The molecule has 2 rings (SSSR count). The lowest BCUT2D eigenvalue weighted by Crippen LogP contribution is -2.14. The van der Waals surface area contributed by atoms with Crippen molar-refractivity contribution in [3.05, 3.63) is 48.5 Å². The molecule has 0 bridgehead atoms. The Kier molecular flexibility index (Phi) is 2.80. The molecule has 2 aromatic rings. The Morgan fingerprint density at radius 3 is 2.60 bits per heavy atom. The van der Waals surface area contributed by atoms with Crippen LogP contribution in [-0.4, -0.2) is 21.3 Å². The maximum Gasteiger partial charge on any atom is 0.0991 e. The van der Waals surface area contributed by atoms with Crippen LogP contribution >= 0.6 is 0 Å². The number of rotatable bonds is 3. The molecule has 4 nitrogen and oxygen atoms in total. The van der Waals surface area contributed by atoms with Crippen LogP contribution in [0.25, 0.3) is 5.69 Å². The summed E-state index contributed by atoms with van der Waals surface area (Å²) >= 11 is 0. The van der Waals surface area contributed by atoms with E-state index in [1.54, 1.807) is 12.5 Å². The maximum atomic E-state index is 8.90. The van der Waals surface area contributed by atoms with Gasteiger partial charge in [-0.3, -0.25) is 0 Å².